The van der Waals surface area contributed by atoms with E-state index >= 15 is 0 Å². The second-order valence-electron chi connectivity index (χ2n) is 6.22. The van der Waals surface area contributed by atoms with Crippen molar-refractivity contribution < 1.29 is 28.4 Å². The van der Waals surface area contributed by atoms with Gasteiger partial charge in [-0.15, -0.1) is 11.3 Å². The fourth-order valence-electron chi connectivity index (χ4n) is 2.97. The molecule has 0 bridgehead atoms. The van der Waals surface area contributed by atoms with E-state index in [2.05, 4.69) is 10.5 Å². The summed E-state index contributed by atoms with van der Waals surface area (Å²) >= 11 is 1.38. The van der Waals surface area contributed by atoms with Crippen molar-refractivity contribution in [2.45, 2.75) is 39.0 Å². The third-order valence-electron chi connectivity index (χ3n) is 4.23. The van der Waals surface area contributed by atoms with Crippen LogP contribution in [0.1, 0.15) is 56.3 Å². The van der Waals surface area contributed by atoms with E-state index in [-0.39, 0.29) is 5.76 Å². The lowest BCUT2D eigenvalue weighted by Gasteiger charge is -2.07. The molecule has 1 aliphatic rings. The Kier molecular flexibility index (Phi) is 5.90. The fraction of sp³-hybridized carbons (Fsp3) is 0.444. The lowest BCUT2D eigenvalue weighted by Crippen LogP contribution is -2.21. The van der Waals surface area contributed by atoms with Crippen molar-refractivity contribution in [1.82, 2.24) is 5.16 Å². The van der Waals surface area contributed by atoms with E-state index < -0.39 is 24.5 Å². The molecule has 0 radical (unpaired) electrons. The molecule has 0 aliphatic heterocycles. The summed E-state index contributed by atoms with van der Waals surface area (Å²) in [6, 6.07) is 1.42. The molecule has 0 spiro atoms. The first kappa shape index (κ1) is 19.1. The van der Waals surface area contributed by atoms with Gasteiger partial charge in [0.2, 0.25) is 5.76 Å². The maximum Gasteiger partial charge on any atom is 0.377 e. The predicted octanol–water partition coefficient (Wildman–Crippen LogP) is 2.90. The quantitative estimate of drug-likeness (QED) is 0.616. The number of aromatic nitrogens is 1. The van der Waals surface area contributed by atoms with Crippen LogP contribution in [0.15, 0.2) is 10.6 Å². The van der Waals surface area contributed by atoms with Crippen LogP contribution in [0.4, 0.5) is 5.00 Å². The summed E-state index contributed by atoms with van der Waals surface area (Å²) in [6.07, 6.45) is 4.82. The number of ether oxygens (including phenoxy) is 2. The summed E-state index contributed by atoms with van der Waals surface area (Å²) in [5, 5.41) is 6.70. The van der Waals surface area contributed by atoms with Gasteiger partial charge in [0.25, 0.3) is 5.91 Å². The van der Waals surface area contributed by atoms with Gasteiger partial charge in [-0.05, 0) is 38.2 Å². The van der Waals surface area contributed by atoms with Crippen LogP contribution in [0.2, 0.25) is 0 Å². The summed E-state index contributed by atoms with van der Waals surface area (Å²) in [5.74, 6) is -1.86. The first-order valence-electron chi connectivity index (χ1n) is 8.62. The van der Waals surface area contributed by atoms with Crippen molar-refractivity contribution in [2.24, 2.45) is 0 Å². The molecule has 2 aromatic rings. The maximum absolute atomic E-state index is 12.2. The second-order valence-corrected chi connectivity index (χ2v) is 7.32. The number of methoxy groups -OCH3 is 1. The Morgan fingerprint density at radius 1 is 1.22 bits per heavy atom. The van der Waals surface area contributed by atoms with Gasteiger partial charge < -0.3 is 19.3 Å². The molecule has 1 N–H and O–H groups in total. The molecule has 0 unspecified atom stereocenters. The zero-order chi connectivity index (χ0) is 19.4. The number of nitrogens with zero attached hydrogens (tertiary/aromatic N) is 1. The number of esters is 2. The molecule has 2 aromatic heterocycles. The SMILES string of the molecule is COC(=O)c1c(NC(=O)COC(=O)c2cc(C)no2)sc2c1CCCCC2. The summed E-state index contributed by atoms with van der Waals surface area (Å²) in [4.78, 5) is 37.4. The number of carbonyl (C=O) groups is 3. The largest absolute Gasteiger partial charge is 0.465 e. The van der Waals surface area contributed by atoms with E-state index in [0.29, 0.717) is 16.3 Å². The van der Waals surface area contributed by atoms with E-state index in [0.717, 1.165) is 42.5 Å². The van der Waals surface area contributed by atoms with Crippen molar-refractivity contribution in [3.63, 3.8) is 0 Å². The standard InChI is InChI=1S/C18H20N2O6S/c1-10-8-12(26-20-10)17(22)25-9-14(21)19-16-15(18(23)24-2)11-6-4-3-5-7-13(11)27-16/h8H,3-7,9H2,1-2H3,(H,19,21). The number of aryl methyl sites for hydroxylation is 2. The normalized spacial score (nSPS) is 13.4. The molecule has 144 valence electrons. The Bertz CT molecular complexity index is 869. The average Bonchev–Trinajstić information content (AvgIpc) is 3.15. The third kappa shape index (κ3) is 4.36. The minimum Gasteiger partial charge on any atom is -0.465 e. The Morgan fingerprint density at radius 2 is 2.00 bits per heavy atom. The molecule has 0 saturated heterocycles. The van der Waals surface area contributed by atoms with Gasteiger partial charge >= 0.3 is 11.9 Å². The van der Waals surface area contributed by atoms with Crippen LogP contribution in [0.5, 0.6) is 0 Å². The van der Waals surface area contributed by atoms with Crippen molar-refractivity contribution >= 4 is 34.2 Å². The van der Waals surface area contributed by atoms with Gasteiger partial charge in [0, 0.05) is 10.9 Å². The molecule has 9 heteroatoms. The van der Waals surface area contributed by atoms with Crippen molar-refractivity contribution in [3.05, 3.63) is 33.5 Å². The number of amides is 1. The minimum atomic E-state index is -0.777. The highest BCUT2D eigenvalue weighted by Gasteiger charge is 2.26. The molecule has 1 amide bonds. The van der Waals surface area contributed by atoms with Crippen LogP contribution >= 0.6 is 11.3 Å². The van der Waals surface area contributed by atoms with E-state index in [4.69, 9.17) is 14.0 Å². The third-order valence-corrected chi connectivity index (χ3v) is 5.43. The zero-order valence-corrected chi connectivity index (χ0v) is 15.9. The first-order valence-corrected chi connectivity index (χ1v) is 9.44. The predicted molar refractivity (Wildman–Crippen MR) is 97.1 cm³/mol. The van der Waals surface area contributed by atoms with E-state index in [9.17, 15) is 14.4 Å². The summed E-state index contributed by atoms with van der Waals surface area (Å²) in [7, 11) is 1.32. The van der Waals surface area contributed by atoms with Gasteiger partial charge in [-0.1, -0.05) is 11.6 Å². The molecular formula is C18H20N2O6S. The van der Waals surface area contributed by atoms with Crippen LogP contribution in [0, 0.1) is 6.92 Å². The molecular weight excluding hydrogens is 372 g/mol. The lowest BCUT2D eigenvalue weighted by molar-refractivity contribution is -0.119. The number of fused-ring (bicyclic) bond motifs is 1. The van der Waals surface area contributed by atoms with Crippen molar-refractivity contribution in [1.29, 1.82) is 0 Å². The Hall–Kier alpha value is -2.68. The van der Waals surface area contributed by atoms with Gasteiger partial charge in [-0.2, -0.15) is 0 Å². The lowest BCUT2D eigenvalue weighted by atomic mass is 10.1. The number of hydrogen-bond acceptors (Lipinski definition) is 8. The second kappa shape index (κ2) is 8.34. The van der Waals surface area contributed by atoms with Gasteiger partial charge in [-0.25, -0.2) is 9.59 Å². The molecule has 0 aromatic carbocycles. The molecule has 3 rings (SSSR count). The number of nitrogens with one attached hydrogen (secondary N) is 1. The van der Waals surface area contributed by atoms with Crippen molar-refractivity contribution in [2.75, 3.05) is 19.0 Å². The highest BCUT2D eigenvalue weighted by Crippen LogP contribution is 2.37. The maximum atomic E-state index is 12.2. The summed E-state index contributed by atoms with van der Waals surface area (Å²) in [5.41, 5.74) is 1.90. The molecule has 1 aliphatic carbocycles. The highest BCUT2D eigenvalue weighted by molar-refractivity contribution is 7.17. The van der Waals surface area contributed by atoms with Crippen molar-refractivity contribution in [3.8, 4) is 0 Å². The Morgan fingerprint density at radius 3 is 2.70 bits per heavy atom. The highest BCUT2D eigenvalue weighted by atomic mass is 32.1. The number of carbonyl (C=O) groups excluding carboxylic acids is 3. The molecule has 8 nitrogen and oxygen atoms in total. The van der Waals surface area contributed by atoms with Crippen LogP contribution in [0.25, 0.3) is 0 Å². The van der Waals surface area contributed by atoms with Gasteiger partial charge in [0.05, 0.1) is 18.4 Å². The molecule has 0 saturated carbocycles. The zero-order valence-electron chi connectivity index (χ0n) is 15.1. The van der Waals surface area contributed by atoms with Gasteiger partial charge in [0.15, 0.2) is 6.61 Å². The molecule has 2 heterocycles. The Labute approximate surface area is 159 Å². The van der Waals surface area contributed by atoms with Crippen LogP contribution in [-0.4, -0.2) is 36.7 Å². The monoisotopic (exact) mass is 392 g/mol. The molecule has 27 heavy (non-hydrogen) atoms. The summed E-state index contributed by atoms with van der Waals surface area (Å²) in [6.45, 7) is 1.17. The summed E-state index contributed by atoms with van der Waals surface area (Å²) < 4.78 is 14.6. The number of thiophene rings is 1. The fourth-order valence-corrected chi connectivity index (χ4v) is 4.27. The first-order chi connectivity index (χ1) is 13.0. The molecule has 0 atom stereocenters. The van der Waals surface area contributed by atoms with Gasteiger partial charge in [-0.3, -0.25) is 4.79 Å². The van der Waals surface area contributed by atoms with E-state index in [1.54, 1.807) is 6.92 Å². The van der Waals surface area contributed by atoms with Crippen LogP contribution in [-0.2, 0) is 27.1 Å². The minimum absolute atomic E-state index is 0.0709. The number of anilines is 1. The number of rotatable bonds is 5. The van der Waals surface area contributed by atoms with Crippen LogP contribution < -0.4 is 5.32 Å². The van der Waals surface area contributed by atoms with E-state index in [1.807, 2.05) is 0 Å². The molecule has 0 fully saturated rings. The topological polar surface area (TPSA) is 108 Å². The van der Waals surface area contributed by atoms with Crippen LogP contribution in [0.3, 0.4) is 0 Å². The smallest absolute Gasteiger partial charge is 0.377 e. The number of hydrogen-bond donors (Lipinski definition) is 1. The Balaban J connectivity index is 1.70. The van der Waals surface area contributed by atoms with Gasteiger partial charge in [0.1, 0.15) is 5.00 Å². The average molecular weight is 392 g/mol. The van der Waals surface area contributed by atoms with E-state index in [1.165, 1.54) is 24.5 Å².